The molecule has 2 rings (SSSR count). The highest BCUT2D eigenvalue weighted by molar-refractivity contribution is 5.73. The molecule has 2 N–H and O–H groups in total. The summed E-state index contributed by atoms with van der Waals surface area (Å²) >= 11 is 0. The lowest BCUT2D eigenvalue weighted by Crippen LogP contribution is -2.61. The summed E-state index contributed by atoms with van der Waals surface area (Å²) in [4.78, 5) is 16.3. The molecular formula is C15H29N3O2. The number of carboxylic acids is 1. The van der Waals surface area contributed by atoms with Gasteiger partial charge in [-0.25, -0.2) is 0 Å². The maximum absolute atomic E-state index is 11.4. The molecule has 0 aromatic rings. The van der Waals surface area contributed by atoms with Crippen molar-refractivity contribution in [1.82, 2.24) is 15.1 Å². The molecule has 2 aliphatic rings. The molecule has 0 saturated carbocycles. The van der Waals surface area contributed by atoms with Crippen LogP contribution in [-0.4, -0.2) is 71.7 Å². The third-order valence-electron chi connectivity index (χ3n) is 4.67. The predicted octanol–water partition coefficient (Wildman–Crippen LogP) is 0.998. The molecule has 0 aliphatic carbocycles. The Labute approximate surface area is 122 Å². The third-order valence-corrected chi connectivity index (χ3v) is 4.67. The van der Waals surface area contributed by atoms with E-state index in [1.165, 1.54) is 25.8 Å². The topological polar surface area (TPSA) is 55.8 Å². The van der Waals surface area contributed by atoms with Gasteiger partial charge in [0.25, 0.3) is 0 Å². The molecule has 116 valence electrons. The average molecular weight is 283 g/mol. The number of piperazine rings is 1. The summed E-state index contributed by atoms with van der Waals surface area (Å²) in [6, 6.07) is 0.655. The molecule has 3 unspecified atom stereocenters. The van der Waals surface area contributed by atoms with Crippen molar-refractivity contribution in [2.24, 2.45) is 0 Å². The van der Waals surface area contributed by atoms with Gasteiger partial charge in [0.15, 0.2) is 0 Å². The summed E-state index contributed by atoms with van der Waals surface area (Å²) < 4.78 is 0. The number of hydrogen-bond acceptors (Lipinski definition) is 4. The van der Waals surface area contributed by atoms with Gasteiger partial charge in [-0.05, 0) is 39.3 Å². The number of piperidine rings is 1. The lowest BCUT2D eigenvalue weighted by Gasteiger charge is -2.48. The van der Waals surface area contributed by atoms with Crippen LogP contribution in [0.15, 0.2) is 0 Å². The molecule has 5 heteroatoms. The number of hydrogen-bond donors (Lipinski definition) is 2. The fraction of sp³-hybridized carbons (Fsp3) is 0.933. The number of carboxylic acid groups (broad SMARTS) is 1. The minimum atomic E-state index is -0.725. The van der Waals surface area contributed by atoms with Gasteiger partial charge in [0.2, 0.25) is 0 Å². The normalized spacial score (nSPS) is 29.9. The maximum atomic E-state index is 11.4. The first-order chi connectivity index (χ1) is 9.61. The van der Waals surface area contributed by atoms with Crippen LogP contribution in [0, 0.1) is 0 Å². The van der Waals surface area contributed by atoms with Crippen molar-refractivity contribution in [3.05, 3.63) is 0 Å². The second-order valence-corrected chi connectivity index (χ2v) is 6.29. The number of rotatable bonds is 6. The van der Waals surface area contributed by atoms with Crippen LogP contribution in [0.4, 0.5) is 0 Å². The summed E-state index contributed by atoms with van der Waals surface area (Å²) in [7, 11) is 0. The lowest BCUT2D eigenvalue weighted by molar-refractivity contribution is -0.140. The number of aliphatic carboxylic acids is 1. The first-order valence-corrected chi connectivity index (χ1v) is 8.06. The van der Waals surface area contributed by atoms with E-state index in [0.717, 1.165) is 26.1 Å². The molecule has 0 amide bonds. The van der Waals surface area contributed by atoms with Gasteiger partial charge in [0.05, 0.1) is 0 Å². The van der Waals surface area contributed by atoms with E-state index in [2.05, 4.69) is 29.0 Å². The van der Waals surface area contributed by atoms with Gasteiger partial charge in [0.1, 0.15) is 6.04 Å². The van der Waals surface area contributed by atoms with Crippen molar-refractivity contribution in [2.45, 2.75) is 57.7 Å². The van der Waals surface area contributed by atoms with Gasteiger partial charge in [-0.1, -0.05) is 13.3 Å². The Balaban J connectivity index is 1.91. The largest absolute Gasteiger partial charge is 0.480 e. The zero-order valence-electron chi connectivity index (χ0n) is 12.8. The van der Waals surface area contributed by atoms with E-state index in [4.69, 9.17) is 0 Å². The quantitative estimate of drug-likeness (QED) is 0.761. The van der Waals surface area contributed by atoms with Crippen molar-refractivity contribution in [2.75, 3.05) is 32.7 Å². The van der Waals surface area contributed by atoms with Crippen LogP contribution in [0.2, 0.25) is 0 Å². The van der Waals surface area contributed by atoms with Gasteiger partial charge < -0.3 is 10.4 Å². The Morgan fingerprint density at radius 1 is 1.40 bits per heavy atom. The first kappa shape index (κ1) is 15.7. The minimum Gasteiger partial charge on any atom is -0.480 e. The number of nitrogens with zero attached hydrogens (tertiary/aromatic N) is 2. The Hall–Kier alpha value is -0.650. The Kier molecular flexibility index (Phi) is 5.81. The zero-order chi connectivity index (χ0) is 14.5. The molecule has 2 fully saturated rings. The van der Waals surface area contributed by atoms with Crippen LogP contribution in [0.25, 0.3) is 0 Å². The van der Waals surface area contributed by atoms with E-state index in [1.807, 2.05) is 0 Å². The fourth-order valence-electron chi connectivity index (χ4n) is 3.45. The van der Waals surface area contributed by atoms with Crippen LogP contribution in [-0.2, 0) is 4.79 Å². The molecular weight excluding hydrogens is 254 g/mol. The van der Waals surface area contributed by atoms with Crippen LogP contribution < -0.4 is 5.32 Å². The van der Waals surface area contributed by atoms with E-state index in [9.17, 15) is 9.90 Å². The number of nitrogens with one attached hydrogen (secondary N) is 1. The summed E-state index contributed by atoms with van der Waals surface area (Å²) in [5, 5.41) is 12.5. The molecule has 5 nitrogen and oxygen atoms in total. The second-order valence-electron chi connectivity index (χ2n) is 6.29. The second kappa shape index (κ2) is 7.38. The Morgan fingerprint density at radius 3 is 2.90 bits per heavy atom. The maximum Gasteiger partial charge on any atom is 0.322 e. The van der Waals surface area contributed by atoms with Crippen molar-refractivity contribution in [1.29, 1.82) is 0 Å². The molecule has 0 spiro atoms. The van der Waals surface area contributed by atoms with Gasteiger partial charge in [-0.2, -0.15) is 0 Å². The summed E-state index contributed by atoms with van der Waals surface area (Å²) in [5.74, 6) is -0.725. The Morgan fingerprint density at radius 2 is 2.20 bits per heavy atom. The van der Waals surface area contributed by atoms with Crippen LogP contribution in [0.3, 0.4) is 0 Å². The zero-order valence-corrected chi connectivity index (χ0v) is 12.8. The number of fused-ring (bicyclic) bond motifs is 1. The summed E-state index contributed by atoms with van der Waals surface area (Å²) in [6.07, 6.45) is 4.87. The van der Waals surface area contributed by atoms with Crippen LogP contribution in [0.5, 0.6) is 0 Å². The van der Waals surface area contributed by atoms with Crippen LogP contribution in [0.1, 0.15) is 39.5 Å². The first-order valence-electron chi connectivity index (χ1n) is 8.06. The van der Waals surface area contributed by atoms with E-state index in [0.29, 0.717) is 18.6 Å². The molecule has 2 heterocycles. The van der Waals surface area contributed by atoms with Gasteiger partial charge >= 0.3 is 5.97 Å². The monoisotopic (exact) mass is 283 g/mol. The highest BCUT2D eigenvalue weighted by Crippen LogP contribution is 2.24. The highest BCUT2D eigenvalue weighted by Gasteiger charge is 2.34. The minimum absolute atomic E-state index is 0.437. The van der Waals surface area contributed by atoms with Crippen molar-refractivity contribution >= 4 is 5.97 Å². The molecule has 2 saturated heterocycles. The summed E-state index contributed by atoms with van der Waals surface area (Å²) in [6.45, 7) is 9.03. The van der Waals surface area contributed by atoms with E-state index in [-0.39, 0.29) is 0 Å². The molecule has 0 aromatic carbocycles. The predicted molar refractivity (Wildman–Crippen MR) is 80.0 cm³/mol. The van der Waals surface area contributed by atoms with Crippen LogP contribution >= 0.6 is 0 Å². The smallest absolute Gasteiger partial charge is 0.322 e. The standard InChI is InChI=1S/C15H29N3O2/c1-3-7-16-14(15(19)20)11-18-10-13-6-4-5-8-17(13)9-12(18)2/h12-14,16H,3-11H2,1-2H3,(H,19,20). The molecule has 0 bridgehead atoms. The molecule has 2 aliphatic heterocycles. The van der Waals surface area contributed by atoms with Gasteiger partial charge in [-0.15, -0.1) is 0 Å². The molecule has 0 radical (unpaired) electrons. The van der Waals surface area contributed by atoms with Gasteiger partial charge in [0, 0.05) is 31.7 Å². The van der Waals surface area contributed by atoms with Gasteiger partial charge in [-0.3, -0.25) is 14.6 Å². The summed E-state index contributed by atoms with van der Waals surface area (Å²) in [5.41, 5.74) is 0. The lowest BCUT2D eigenvalue weighted by atomic mass is 9.97. The Bertz CT molecular complexity index is 324. The molecule has 3 atom stereocenters. The molecule has 20 heavy (non-hydrogen) atoms. The SMILES string of the molecule is CCCNC(CN1CC2CCCCN2CC1C)C(=O)O. The van der Waals surface area contributed by atoms with Crippen molar-refractivity contribution in [3.63, 3.8) is 0 Å². The third kappa shape index (κ3) is 3.93. The fourth-order valence-corrected chi connectivity index (χ4v) is 3.45. The molecule has 0 aromatic heterocycles. The van der Waals surface area contributed by atoms with E-state index in [1.54, 1.807) is 0 Å². The van der Waals surface area contributed by atoms with E-state index >= 15 is 0 Å². The average Bonchev–Trinajstić information content (AvgIpc) is 2.43. The highest BCUT2D eigenvalue weighted by atomic mass is 16.4. The number of carbonyl (C=O) groups is 1. The van der Waals surface area contributed by atoms with E-state index < -0.39 is 12.0 Å². The van der Waals surface area contributed by atoms with Crippen molar-refractivity contribution in [3.8, 4) is 0 Å². The van der Waals surface area contributed by atoms with Crippen molar-refractivity contribution < 1.29 is 9.90 Å².